The van der Waals surface area contributed by atoms with Gasteiger partial charge in [0.2, 0.25) is 5.90 Å². The van der Waals surface area contributed by atoms with Crippen LogP contribution in [0.3, 0.4) is 0 Å². The lowest BCUT2D eigenvalue weighted by Gasteiger charge is -2.04. The summed E-state index contributed by atoms with van der Waals surface area (Å²) in [6.45, 7) is 0. The molecule has 5 nitrogen and oxygen atoms in total. The topological polar surface area (TPSA) is 61.0 Å². The van der Waals surface area contributed by atoms with Gasteiger partial charge >= 0.3 is 5.91 Å². The molecule has 2 heterocycles. The Morgan fingerprint density at radius 2 is 1.93 bits per heavy atom. The van der Waals surface area contributed by atoms with Gasteiger partial charge in [-0.1, -0.05) is 29.8 Å². The van der Waals surface area contributed by atoms with Crippen LogP contribution in [0.1, 0.15) is 11.3 Å². The highest BCUT2D eigenvalue weighted by atomic mass is 35.5. The van der Waals surface area contributed by atoms with E-state index in [0.717, 1.165) is 5.56 Å². The van der Waals surface area contributed by atoms with Crippen molar-refractivity contribution in [2.45, 2.75) is 0 Å². The minimum atomic E-state index is -0.469. The quantitative estimate of drug-likeness (QED) is 0.601. The summed E-state index contributed by atoms with van der Waals surface area (Å²) in [5.74, 6) is 1.57. The summed E-state index contributed by atoms with van der Waals surface area (Å²) in [6.07, 6.45) is 1.51. The van der Waals surface area contributed by atoms with Crippen LogP contribution in [0.2, 0.25) is 5.02 Å². The van der Waals surface area contributed by atoms with Crippen LogP contribution in [0.5, 0.6) is 5.75 Å². The second-order valence-electron chi connectivity index (χ2n) is 5.75. The van der Waals surface area contributed by atoms with Crippen LogP contribution >= 0.6 is 11.6 Å². The van der Waals surface area contributed by atoms with Gasteiger partial charge < -0.3 is 13.9 Å². The Kier molecular flexibility index (Phi) is 4.52. The molecule has 3 aromatic rings. The van der Waals surface area contributed by atoms with Crippen LogP contribution in [0.4, 0.5) is 0 Å². The number of hydrogen-bond acceptors (Lipinski definition) is 4. The number of methoxy groups -OCH3 is 1. The molecule has 1 aromatic heterocycles. The number of rotatable bonds is 4. The summed E-state index contributed by atoms with van der Waals surface area (Å²) in [7, 11) is 1.57. The number of halogens is 1. The number of aliphatic imine (C=N–C) groups is 1. The Bertz CT molecular complexity index is 1080. The van der Waals surface area contributed by atoms with Crippen LogP contribution in [0, 0.1) is 0 Å². The van der Waals surface area contributed by atoms with E-state index in [2.05, 4.69) is 4.99 Å². The molecule has 1 aliphatic rings. The SMILES string of the molecule is COc1cccc(C2=NC(=O)/C(=C/c3ccc(-c4ccccc4Cl)o3)O2)c1. The van der Waals surface area contributed by atoms with Crippen molar-refractivity contribution in [1.82, 2.24) is 0 Å². The summed E-state index contributed by atoms with van der Waals surface area (Å²) >= 11 is 6.19. The zero-order valence-corrected chi connectivity index (χ0v) is 15.1. The van der Waals surface area contributed by atoms with Gasteiger partial charge in [-0.25, -0.2) is 0 Å². The van der Waals surface area contributed by atoms with Gasteiger partial charge in [-0.05, 0) is 42.5 Å². The molecule has 0 spiro atoms. The molecule has 27 heavy (non-hydrogen) atoms. The molecule has 134 valence electrons. The predicted molar refractivity (Wildman–Crippen MR) is 103 cm³/mol. The molecule has 2 aromatic carbocycles. The van der Waals surface area contributed by atoms with Gasteiger partial charge in [0.15, 0.2) is 5.76 Å². The van der Waals surface area contributed by atoms with E-state index in [0.29, 0.717) is 27.9 Å². The number of nitrogens with zero attached hydrogens (tertiary/aromatic N) is 1. The maximum atomic E-state index is 12.2. The second-order valence-corrected chi connectivity index (χ2v) is 6.15. The minimum Gasteiger partial charge on any atom is -0.497 e. The first-order valence-corrected chi connectivity index (χ1v) is 8.53. The normalized spacial score (nSPS) is 15.0. The largest absolute Gasteiger partial charge is 0.497 e. The molecule has 0 unspecified atom stereocenters. The van der Waals surface area contributed by atoms with Gasteiger partial charge in [0, 0.05) is 17.2 Å². The van der Waals surface area contributed by atoms with Crippen molar-refractivity contribution in [1.29, 1.82) is 0 Å². The van der Waals surface area contributed by atoms with Gasteiger partial charge in [-0.15, -0.1) is 0 Å². The summed E-state index contributed by atoms with van der Waals surface area (Å²) in [6, 6.07) is 18.0. The van der Waals surface area contributed by atoms with E-state index >= 15 is 0 Å². The molecule has 0 bridgehead atoms. The molecule has 0 saturated carbocycles. The molecule has 1 aliphatic heterocycles. The highest BCUT2D eigenvalue weighted by Gasteiger charge is 2.25. The van der Waals surface area contributed by atoms with E-state index < -0.39 is 5.91 Å². The van der Waals surface area contributed by atoms with E-state index in [-0.39, 0.29) is 11.7 Å². The maximum absolute atomic E-state index is 12.2. The molecular formula is C21H14ClNO4. The lowest BCUT2D eigenvalue weighted by Crippen LogP contribution is -2.00. The van der Waals surface area contributed by atoms with Crippen LogP contribution < -0.4 is 4.74 Å². The van der Waals surface area contributed by atoms with Crippen molar-refractivity contribution in [3.8, 4) is 17.1 Å². The Hall–Kier alpha value is -3.31. The van der Waals surface area contributed by atoms with E-state index in [1.807, 2.05) is 18.2 Å². The van der Waals surface area contributed by atoms with Crippen molar-refractivity contribution in [2.24, 2.45) is 4.99 Å². The van der Waals surface area contributed by atoms with Gasteiger partial charge in [-0.3, -0.25) is 4.79 Å². The number of benzene rings is 2. The van der Waals surface area contributed by atoms with Gasteiger partial charge in [0.05, 0.1) is 12.1 Å². The third-order valence-electron chi connectivity index (χ3n) is 3.98. The van der Waals surface area contributed by atoms with Crippen molar-refractivity contribution < 1.29 is 18.7 Å². The lowest BCUT2D eigenvalue weighted by atomic mass is 10.2. The summed E-state index contributed by atoms with van der Waals surface area (Å²) in [5, 5.41) is 0.586. The third-order valence-corrected chi connectivity index (χ3v) is 4.31. The van der Waals surface area contributed by atoms with Crippen molar-refractivity contribution in [3.63, 3.8) is 0 Å². The molecule has 0 saturated heterocycles. The number of carbonyl (C=O) groups excluding carboxylic acids is 1. The molecule has 4 rings (SSSR count). The maximum Gasteiger partial charge on any atom is 0.316 e. The van der Waals surface area contributed by atoms with Gasteiger partial charge in [-0.2, -0.15) is 4.99 Å². The fourth-order valence-electron chi connectivity index (χ4n) is 2.65. The van der Waals surface area contributed by atoms with Crippen LogP contribution in [-0.4, -0.2) is 18.9 Å². The average Bonchev–Trinajstić information content (AvgIpc) is 3.30. The molecule has 0 fully saturated rings. The summed E-state index contributed by atoms with van der Waals surface area (Å²) in [5.41, 5.74) is 1.43. The van der Waals surface area contributed by atoms with Gasteiger partial charge in [0.1, 0.15) is 17.3 Å². The smallest absolute Gasteiger partial charge is 0.316 e. The van der Waals surface area contributed by atoms with Crippen molar-refractivity contribution >= 4 is 29.5 Å². The number of amides is 1. The number of furan rings is 1. The van der Waals surface area contributed by atoms with Gasteiger partial charge in [0.25, 0.3) is 0 Å². The van der Waals surface area contributed by atoms with Crippen molar-refractivity contribution in [3.05, 3.63) is 82.8 Å². The molecule has 0 radical (unpaired) electrons. The molecule has 0 aliphatic carbocycles. The first kappa shape index (κ1) is 17.1. The first-order chi connectivity index (χ1) is 13.1. The number of carbonyl (C=O) groups is 1. The zero-order chi connectivity index (χ0) is 18.8. The monoisotopic (exact) mass is 379 g/mol. The predicted octanol–water partition coefficient (Wildman–Crippen LogP) is 4.95. The van der Waals surface area contributed by atoms with Crippen LogP contribution in [0.25, 0.3) is 17.4 Å². The molecule has 1 amide bonds. The molecular weight excluding hydrogens is 366 g/mol. The molecule has 0 N–H and O–H groups in total. The van der Waals surface area contributed by atoms with E-state index in [1.165, 1.54) is 6.08 Å². The number of ether oxygens (including phenoxy) is 2. The minimum absolute atomic E-state index is 0.0906. The average molecular weight is 380 g/mol. The summed E-state index contributed by atoms with van der Waals surface area (Å²) < 4.78 is 16.6. The van der Waals surface area contributed by atoms with E-state index in [9.17, 15) is 4.79 Å². The highest BCUT2D eigenvalue weighted by Crippen LogP contribution is 2.30. The van der Waals surface area contributed by atoms with Crippen LogP contribution in [0.15, 0.2) is 75.8 Å². The van der Waals surface area contributed by atoms with Crippen molar-refractivity contribution in [2.75, 3.05) is 7.11 Å². The summed E-state index contributed by atoms with van der Waals surface area (Å²) in [4.78, 5) is 16.1. The fourth-order valence-corrected chi connectivity index (χ4v) is 2.88. The zero-order valence-electron chi connectivity index (χ0n) is 14.3. The third kappa shape index (κ3) is 3.50. The standard InChI is InChI=1S/C21H14ClNO4/c1-25-14-6-4-5-13(11-14)21-23-20(24)19(27-21)12-15-9-10-18(26-15)16-7-2-3-8-17(16)22/h2-12H,1H3/b19-12-. The van der Waals surface area contributed by atoms with Crippen LogP contribution in [-0.2, 0) is 9.53 Å². The highest BCUT2D eigenvalue weighted by molar-refractivity contribution is 6.33. The second kappa shape index (κ2) is 7.13. The lowest BCUT2D eigenvalue weighted by molar-refractivity contribution is -0.115. The Morgan fingerprint density at radius 1 is 1.07 bits per heavy atom. The Balaban J connectivity index is 1.58. The molecule has 6 heteroatoms. The fraction of sp³-hybridized carbons (Fsp3) is 0.0476. The Labute approximate surface area is 160 Å². The molecule has 0 atom stereocenters. The first-order valence-electron chi connectivity index (χ1n) is 8.16. The van der Waals surface area contributed by atoms with E-state index in [1.54, 1.807) is 49.6 Å². The number of hydrogen-bond donors (Lipinski definition) is 0. The van der Waals surface area contributed by atoms with E-state index in [4.69, 9.17) is 25.5 Å². The Morgan fingerprint density at radius 3 is 2.74 bits per heavy atom.